The number of anilines is 3. The quantitative estimate of drug-likeness (QED) is 0.372. The predicted octanol–water partition coefficient (Wildman–Crippen LogP) is 6.09. The molecule has 2 N–H and O–H groups in total. The number of pyridine rings is 1. The number of carboxylic acid groups (broad SMARTS) is 1. The highest BCUT2D eigenvalue weighted by Crippen LogP contribution is 2.37. The topological polar surface area (TPSA) is 87.6 Å². The Labute approximate surface area is 211 Å². The van der Waals surface area contributed by atoms with Crippen LogP contribution in [0.5, 0.6) is 0 Å². The highest BCUT2D eigenvalue weighted by atomic mass is 32.1. The molecule has 2 aromatic heterocycles. The molecular weight excluding hydrogens is 493 g/mol. The molecule has 0 atom stereocenters. The van der Waals surface area contributed by atoms with Crippen LogP contribution in [-0.4, -0.2) is 47.3 Å². The van der Waals surface area contributed by atoms with E-state index in [4.69, 9.17) is 4.74 Å². The van der Waals surface area contributed by atoms with Gasteiger partial charge in [0.1, 0.15) is 11.4 Å². The largest absolute Gasteiger partial charge is 0.478 e. The number of benzene rings is 1. The van der Waals surface area contributed by atoms with Gasteiger partial charge in [0, 0.05) is 25.0 Å². The van der Waals surface area contributed by atoms with Gasteiger partial charge >= 0.3 is 12.1 Å². The monoisotopic (exact) mass is 520 g/mol. The molecule has 11 heteroatoms. The molecule has 1 aliphatic heterocycles. The fraction of sp³-hybridized carbons (Fsp3) is 0.400. The first kappa shape index (κ1) is 25.9. The maximum Gasteiger partial charge on any atom is 0.417 e. The smallest absolute Gasteiger partial charge is 0.417 e. The first-order chi connectivity index (χ1) is 17.1. The van der Waals surface area contributed by atoms with Crippen molar-refractivity contribution >= 4 is 33.9 Å². The number of halogens is 3. The lowest BCUT2D eigenvalue weighted by molar-refractivity contribution is -0.137. The molecule has 0 spiro atoms. The van der Waals surface area contributed by atoms with Gasteiger partial charge in [0.05, 0.1) is 29.3 Å². The van der Waals surface area contributed by atoms with E-state index in [1.165, 1.54) is 11.3 Å². The van der Waals surface area contributed by atoms with Crippen LogP contribution in [-0.2, 0) is 17.3 Å². The van der Waals surface area contributed by atoms with Crippen LogP contribution in [0.25, 0.3) is 10.4 Å². The zero-order chi connectivity index (χ0) is 25.9. The van der Waals surface area contributed by atoms with Crippen molar-refractivity contribution in [2.75, 3.05) is 36.5 Å². The lowest BCUT2D eigenvalue weighted by Crippen LogP contribution is -2.36. The van der Waals surface area contributed by atoms with Crippen LogP contribution in [0.3, 0.4) is 0 Å². The fourth-order valence-electron chi connectivity index (χ4n) is 3.85. The summed E-state index contributed by atoms with van der Waals surface area (Å²) in [5, 5.41) is 12.7. The number of hydrogen-bond donors (Lipinski definition) is 2. The number of hydrogen-bond acceptors (Lipinski definition) is 7. The van der Waals surface area contributed by atoms with Crippen LogP contribution >= 0.6 is 11.3 Å². The Kier molecular flexibility index (Phi) is 7.79. The highest BCUT2D eigenvalue weighted by Gasteiger charge is 2.32. The number of aromatic carboxylic acids is 1. The third-order valence-corrected chi connectivity index (χ3v) is 6.89. The molecule has 36 heavy (non-hydrogen) atoms. The third-order valence-electron chi connectivity index (χ3n) is 5.83. The average molecular weight is 521 g/mol. The second-order valence-corrected chi connectivity index (χ2v) is 9.92. The SMILES string of the molecule is CC(C)CCc1nc(Nc2ncc(C(F)(F)F)cc2C(=O)O)sc1-c1ccc(N2CCOCC2)cc1. The number of carboxylic acids is 1. The minimum Gasteiger partial charge on any atom is -0.478 e. The molecule has 1 aromatic carbocycles. The molecule has 3 aromatic rings. The number of nitrogens with zero attached hydrogens (tertiary/aromatic N) is 3. The second-order valence-electron chi connectivity index (χ2n) is 8.92. The maximum atomic E-state index is 13.1. The van der Waals surface area contributed by atoms with Crippen molar-refractivity contribution in [2.24, 2.45) is 5.92 Å². The van der Waals surface area contributed by atoms with Crippen LogP contribution in [0.15, 0.2) is 36.5 Å². The van der Waals surface area contributed by atoms with Gasteiger partial charge in [0.2, 0.25) is 0 Å². The number of thiazole rings is 1. The Bertz CT molecular complexity index is 1210. The van der Waals surface area contributed by atoms with Crippen molar-refractivity contribution in [1.82, 2.24) is 9.97 Å². The lowest BCUT2D eigenvalue weighted by atomic mass is 10.0. The molecule has 0 amide bonds. The van der Waals surface area contributed by atoms with E-state index in [0.717, 1.165) is 41.3 Å². The first-order valence-corrected chi connectivity index (χ1v) is 12.4. The van der Waals surface area contributed by atoms with Crippen molar-refractivity contribution in [1.29, 1.82) is 0 Å². The Hall–Kier alpha value is -3.18. The number of aromatic nitrogens is 2. The van der Waals surface area contributed by atoms with Gasteiger partial charge in [-0.15, -0.1) is 0 Å². The van der Waals surface area contributed by atoms with Gasteiger partial charge in [-0.2, -0.15) is 13.2 Å². The van der Waals surface area contributed by atoms with Gasteiger partial charge in [-0.3, -0.25) is 0 Å². The summed E-state index contributed by atoms with van der Waals surface area (Å²) in [5.74, 6) is -1.24. The third kappa shape index (κ3) is 6.14. The molecule has 0 aliphatic carbocycles. The predicted molar refractivity (Wildman–Crippen MR) is 133 cm³/mol. The minimum atomic E-state index is -4.69. The Balaban J connectivity index is 1.64. The average Bonchev–Trinajstić information content (AvgIpc) is 3.25. The zero-order valence-electron chi connectivity index (χ0n) is 19.9. The van der Waals surface area contributed by atoms with Crippen LogP contribution in [0.2, 0.25) is 0 Å². The molecular formula is C25H27F3N4O3S. The summed E-state index contributed by atoms with van der Waals surface area (Å²) >= 11 is 1.32. The molecule has 7 nitrogen and oxygen atoms in total. The number of carbonyl (C=O) groups is 1. The van der Waals surface area contributed by atoms with E-state index in [0.29, 0.717) is 42.9 Å². The number of nitrogens with one attached hydrogen (secondary N) is 1. The number of rotatable bonds is 8. The van der Waals surface area contributed by atoms with E-state index < -0.39 is 23.3 Å². The number of ether oxygens (including phenoxy) is 1. The fourth-order valence-corrected chi connectivity index (χ4v) is 4.87. The van der Waals surface area contributed by atoms with E-state index >= 15 is 0 Å². The van der Waals surface area contributed by atoms with Crippen LogP contribution < -0.4 is 10.2 Å². The maximum absolute atomic E-state index is 13.1. The van der Waals surface area contributed by atoms with Crippen molar-refractivity contribution in [3.8, 4) is 10.4 Å². The van der Waals surface area contributed by atoms with E-state index in [9.17, 15) is 23.1 Å². The van der Waals surface area contributed by atoms with Gasteiger partial charge in [-0.25, -0.2) is 14.8 Å². The van der Waals surface area contributed by atoms with E-state index in [1.54, 1.807) is 0 Å². The van der Waals surface area contributed by atoms with Crippen LogP contribution in [0.1, 0.15) is 41.9 Å². The zero-order valence-corrected chi connectivity index (χ0v) is 20.7. The molecule has 0 unspecified atom stereocenters. The van der Waals surface area contributed by atoms with Crippen molar-refractivity contribution in [2.45, 2.75) is 32.9 Å². The van der Waals surface area contributed by atoms with Gasteiger partial charge in [-0.05, 0) is 42.5 Å². The summed E-state index contributed by atoms with van der Waals surface area (Å²) < 4.78 is 44.6. The van der Waals surface area contributed by atoms with E-state index in [2.05, 4.69) is 46.2 Å². The normalized spacial score (nSPS) is 14.3. The van der Waals surface area contributed by atoms with Gasteiger partial charge < -0.3 is 20.1 Å². The number of morpholine rings is 1. The van der Waals surface area contributed by atoms with Gasteiger partial charge in [-0.1, -0.05) is 37.3 Å². The van der Waals surface area contributed by atoms with Gasteiger partial charge in [0.15, 0.2) is 5.13 Å². The highest BCUT2D eigenvalue weighted by molar-refractivity contribution is 7.19. The molecule has 3 heterocycles. The molecule has 4 rings (SSSR count). The number of aryl methyl sites for hydroxylation is 1. The van der Waals surface area contributed by atoms with Crippen molar-refractivity contribution in [3.05, 3.63) is 53.3 Å². The lowest BCUT2D eigenvalue weighted by Gasteiger charge is -2.28. The van der Waals surface area contributed by atoms with E-state index in [1.807, 2.05) is 12.1 Å². The molecule has 1 fully saturated rings. The second kappa shape index (κ2) is 10.8. The minimum absolute atomic E-state index is 0.186. The Morgan fingerprint density at radius 3 is 2.53 bits per heavy atom. The van der Waals surface area contributed by atoms with Gasteiger partial charge in [0.25, 0.3) is 0 Å². The van der Waals surface area contributed by atoms with Crippen LogP contribution in [0, 0.1) is 5.92 Å². The summed E-state index contributed by atoms with van der Waals surface area (Å²) in [7, 11) is 0. The summed E-state index contributed by atoms with van der Waals surface area (Å²) in [6.45, 7) is 7.29. The summed E-state index contributed by atoms with van der Waals surface area (Å²) in [6, 6.07) is 8.75. The van der Waals surface area contributed by atoms with E-state index in [-0.39, 0.29) is 5.82 Å². The summed E-state index contributed by atoms with van der Waals surface area (Å²) in [6.07, 6.45) is -2.46. The Morgan fingerprint density at radius 1 is 1.22 bits per heavy atom. The molecule has 1 aliphatic rings. The number of alkyl halides is 3. The Morgan fingerprint density at radius 2 is 1.92 bits per heavy atom. The van der Waals surface area contributed by atoms with Crippen molar-refractivity contribution < 1.29 is 27.8 Å². The molecule has 0 bridgehead atoms. The summed E-state index contributed by atoms with van der Waals surface area (Å²) in [5.41, 5.74) is 1.23. The first-order valence-electron chi connectivity index (χ1n) is 11.6. The molecule has 192 valence electrons. The molecule has 0 radical (unpaired) electrons. The standard InChI is InChI=1S/C25H27F3N4O3S/c1-15(2)3-8-20-21(16-4-6-18(7-5-16)32-9-11-35-12-10-32)36-24(30-20)31-22-19(23(33)34)13-17(14-29-22)25(26,27)28/h4-7,13-15H,3,8-12H2,1-2H3,(H,33,34)(H,29,30,31). The molecule has 1 saturated heterocycles. The van der Waals surface area contributed by atoms with Crippen molar-refractivity contribution in [3.63, 3.8) is 0 Å². The van der Waals surface area contributed by atoms with Crippen LogP contribution in [0.4, 0.5) is 29.8 Å². The summed E-state index contributed by atoms with van der Waals surface area (Å²) in [4.78, 5) is 23.2. The molecule has 0 saturated carbocycles.